The highest BCUT2D eigenvalue weighted by Crippen LogP contribution is 2.36. The summed E-state index contributed by atoms with van der Waals surface area (Å²) in [5.74, 6) is -0.378. The molecule has 9 heteroatoms. The van der Waals surface area contributed by atoms with Crippen LogP contribution in [0.15, 0.2) is 34.1 Å². The molecule has 1 atom stereocenters. The summed E-state index contributed by atoms with van der Waals surface area (Å²) < 4.78 is 17.0. The predicted octanol–water partition coefficient (Wildman–Crippen LogP) is 3.06. The molecule has 28 heavy (non-hydrogen) atoms. The summed E-state index contributed by atoms with van der Waals surface area (Å²) >= 11 is 4.57. The molecule has 0 N–H and O–H groups in total. The average Bonchev–Trinajstić information content (AvgIpc) is 3.31. The van der Waals surface area contributed by atoms with E-state index in [1.54, 1.807) is 30.3 Å². The summed E-state index contributed by atoms with van der Waals surface area (Å²) in [6.07, 6.45) is 0.0476. The molecule has 7 nitrogen and oxygen atoms in total. The predicted molar refractivity (Wildman–Crippen MR) is 105 cm³/mol. The Morgan fingerprint density at radius 2 is 1.96 bits per heavy atom. The molecule has 1 fully saturated rings. The van der Waals surface area contributed by atoms with Crippen molar-refractivity contribution in [1.29, 1.82) is 0 Å². The van der Waals surface area contributed by atoms with E-state index in [9.17, 15) is 14.4 Å². The first-order valence-corrected chi connectivity index (χ1v) is 10.3. The summed E-state index contributed by atoms with van der Waals surface area (Å²) in [5, 5.41) is 0. The molecular formula is C19H16BrNO6S. The zero-order valence-corrected chi connectivity index (χ0v) is 17.1. The van der Waals surface area contributed by atoms with Gasteiger partial charge in [-0.2, -0.15) is 0 Å². The van der Waals surface area contributed by atoms with Crippen LogP contribution in [0.3, 0.4) is 0 Å². The van der Waals surface area contributed by atoms with Gasteiger partial charge in [0.25, 0.3) is 0 Å². The van der Waals surface area contributed by atoms with Crippen LogP contribution in [0.25, 0.3) is 0 Å². The number of hydrogen-bond acceptors (Lipinski definition) is 7. The zero-order chi connectivity index (χ0) is 19.7. The molecule has 4 rings (SSSR count). The highest BCUT2D eigenvalue weighted by Gasteiger charge is 2.37. The van der Waals surface area contributed by atoms with Gasteiger partial charge in [0, 0.05) is 24.7 Å². The summed E-state index contributed by atoms with van der Waals surface area (Å²) in [6, 6.07) is 8.68. The first-order chi connectivity index (χ1) is 13.5. The standard InChI is InChI=1S/C19H16BrNO6S/c20-17-4-3-16(28-17)13(22)10-27-19(24)11-7-18(23)21(9-11)12-1-2-14-15(8-12)26-6-5-25-14/h1-4,8,11H,5-7,9-10H2. The second-order valence-corrected chi connectivity index (χ2v) is 8.83. The van der Waals surface area contributed by atoms with E-state index in [4.69, 9.17) is 14.2 Å². The van der Waals surface area contributed by atoms with Crippen molar-refractivity contribution in [3.05, 3.63) is 39.0 Å². The number of Topliss-reactive ketones (excluding diaryl/α,β-unsaturated/α-hetero) is 1. The number of carbonyl (C=O) groups is 3. The Balaban J connectivity index is 1.37. The lowest BCUT2D eigenvalue weighted by atomic mass is 10.1. The maximum atomic E-state index is 12.4. The molecule has 0 bridgehead atoms. The lowest BCUT2D eigenvalue weighted by Gasteiger charge is -2.22. The molecule has 1 unspecified atom stereocenters. The van der Waals surface area contributed by atoms with E-state index in [0.29, 0.717) is 35.3 Å². The Kier molecular flexibility index (Phi) is 5.36. The van der Waals surface area contributed by atoms with Gasteiger partial charge in [0.1, 0.15) is 13.2 Å². The number of ketones is 1. The van der Waals surface area contributed by atoms with Gasteiger partial charge < -0.3 is 19.1 Å². The number of benzene rings is 1. The molecule has 0 aliphatic carbocycles. The van der Waals surface area contributed by atoms with Gasteiger partial charge in [-0.25, -0.2) is 0 Å². The Bertz CT molecular complexity index is 942. The van der Waals surface area contributed by atoms with Crippen LogP contribution in [0.1, 0.15) is 16.1 Å². The molecule has 1 saturated heterocycles. The van der Waals surface area contributed by atoms with Crippen molar-refractivity contribution < 1.29 is 28.6 Å². The van der Waals surface area contributed by atoms with E-state index in [-0.39, 0.29) is 31.3 Å². The summed E-state index contributed by atoms with van der Waals surface area (Å²) in [4.78, 5) is 38.9. The summed E-state index contributed by atoms with van der Waals surface area (Å²) in [6.45, 7) is 0.814. The number of amides is 1. The number of nitrogens with zero attached hydrogens (tertiary/aromatic N) is 1. The van der Waals surface area contributed by atoms with Gasteiger partial charge in [0.05, 0.1) is 14.6 Å². The third-order valence-electron chi connectivity index (χ3n) is 4.49. The van der Waals surface area contributed by atoms with Gasteiger partial charge >= 0.3 is 5.97 Å². The number of thiophene rings is 1. The fourth-order valence-electron chi connectivity index (χ4n) is 3.10. The van der Waals surface area contributed by atoms with Crippen molar-refractivity contribution in [2.75, 3.05) is 31.3 Å². The second kappa shape index (κ2) is 7.92. The SMILES string of the molecule is O=C(COC(=O)C1CC(=O)N(c2ccc3c(c2)OCCO3)C1)c1ccc(Br)s1. The Morgan fingerprint density at radius 3 is 2.71 bits per heavy atom. The van der Waals surface area contributed by atoms with Gasteiger partial charge in [-0.05, 0) is 40.2 Å². The highest BCUT2D eigenvalue weighted by molar-refractivity contribution is 9.11. The van der Waals surface area contributed by atoms with Gasteiger partial charge in [0.15, 0.2) is 18.1 Å². The van der Waals surface area contributed by atoms with Crippen molar-refractivity contribution in [2.45, 2.75) is 6.42 Å². The van der Waals surface area contributed by atoms with Crippen LogP contribution in [0.5, 0.6) is 11.5 Å². The number of hydrogen-bond donors (Lipinski definition) is 0. The third-order valence-corrected chi connectivity index (χ3v) is 6.15. The molecule has 2 aliphatic rings. The topological polar surface area (TPSA) is 82.1 Å². The number of fused-ring (bicyclic) bond motifs is 1. The minimum absolute atomic E-state index is 0.0476. The second-order valence-electron chi connectivity index (χ2n) is 6.37. The Labute approximate surface area is 173 Å². The fraction of sp³-hybridized carbons (Fsp3) is 0.316. The molecule has 2 aliphatic heterocycles. The summed E-state index contributed by atoms with van der Waals surface area (Å²) in [5.41, 5.74) is 0.643. The van der Waals surface area contributed by atoms with Crippen molar-refractivity contribution in [3.8, 4) is 11.5 Å². The maximum absolute atomic E-state index is 12.4. The van der Waals surface area contributed by atoms with Crippen LogP contribution in [-0.2, 0) is 14.3 Å². The van der Waals surface area contributed by atoms with Crippen LogP contribution in [0.2, 0.25) is 0 Å². The average molecular weight is 466 g/mol. The maximum Gasteiger partial charge on any atom is 0.311 e. The first kappa shape index (κ1) is 18.9. The quantitative estimate of drug-likeness (QED) is 0.498. The minimum atomic E-state index is -0.608. The van der Waals surface area contributed by atoms with Crippen molar-refractivity contribution >= 4 is 50.6 Å². The number of esters is 1. The molecule has 0 spiro atoms. The number of anilines is 1. The molecule has 3 heterocycles. The smallest absolute Gasteiger partial charge is 0.311 e. The van der Waals surface area contributed by atoms with Gasteiger partial charge in [-0.15, -0.1) is 11.3 Å². The van der Waals surface area contributed by atoms with Crippen LogP contribution in [-0.4, -0.2) is 44.0 Å². The van der Waals surface area contributed by atoms with E-state index < -0.39 is 11.9 Å². The van der Waals surface area contributed by atoms with E-state index in [0.717, 1.165) is 3.79 Å². The fourth-order valence-corrected chi connectivity index (χ4v) is 4.42. The monoisotopic (exact) mass is 465 g/mol. The lowest BCUT2D eigenvalue weighted by molar-refractivity contribution is -0.147. The molecule has 0 saturated carbocycles. The number of carbonyl (C=O) groups excluding carboxylic acids is 3. The lowest BCUT2D eigenvalue weighted by Crippen LogP contribution is -2.27. The summed E-state index contributed by atoms with van der Waals surface area (Å²) in [7, 11) is 0. The number of rotatable bonds is 5. The minimum Gasteiger partial charge on any atom is -0.486 e. The van der Waals surface area contributed by atoms with Gasteiger partial charge in [0.2, 0.25) is 11.7 Å². The molecule has 2 aromatic rings. The zero-order valence-electron chi connectivity index (χ0n) is 14.7. The number of ether oxygens (including phenoxy) is 3. The van der Waals surface area contributed by atoms with Crippen LogP contribution >= 0.6 is 27.3 Å². The molecule has 1 aromatic carbocycles. The van der Waals surface area contributed by atoms with Gasteiger partial charge in [-0.3, -0.25) is 14.4 Å². The van der Waals surface area contributed by atoms with E-state index >= 15 is 0 Å². The molecular weight excluding hydrogens is 450 g/mol. The van der Waals surface area contributed by atoms with E-state index in [1.807, 2.05) is 0 Å². The Hall–Kier alpha value is -2.39. The first-order valence-electron chi connectivity index (χ1n) is 8.66. The number of halogens is 1. The molecule has 146 valence electrons. The Morgan fingerprint density at radius 1 is 1.18 bits per heavy atom. The molecule has 1 aromatic heterocycles. The van der Waals surface area contributed by atoms with E-state index in [2.05, 4.69) is 15.9 Å². The van der Waals surface area contributed by atoms with Crippen molar-refractivity contribution in [3.63, 3.8) is 0 Å². The van der Waals surface area contributed by atoms with Crippen LogP contribution < -0.4 is 14.4 Å². The van der Waals surface area contributed by atoms with Crippen molar-refractivity contribution in [1.82, 2.24) is 0 Å². The van der Waals surface area contributed by atoms with Gasteiger partial charge in [-0.1, -0.05) is 0 Å². The highest BCUT2D eigenvalue weighted by atomic mass is 79.9. The van der Waals surface area contributed by atoms with E-state index in [1.165, 1.54) is 16.2 Å². The normalized spacial score (nSPS) is 18.2. The van der Waals surface area contributed by atoms with Crippen molar-refractivity contribution in [2.24, 2.45) is 5.92 Å². The van der Waals surface area contributed by atoms with Crippen LogP contribution in [0.4, 0.5) is 5.69 Å². The van der Waals surface area contributed by atoms with Crippen LogP contribution in [0, 0.1) is 5.92 Å². The third kappa shape index (κ3) is 3.90. The largest absolute Gasteiger partial charge is 0.486 e. The molecule has 1 amide bonds. The molecule has 0 radical (unpaired) electrons.